The number of imidazole rings is 1. The van der Waals surface area contributed by atoms with Gasteiger partial charge in [0.2, 0.25) is 5.95 Å². The molecule has 3 aromatic rings. The number of nitrogens with zero attached hydrogens (tertiary/aromatic N) is 6. The number of H-pyrrole nitrogens is 1. The highest BCUT2D eigenvalue weighted by Gasteiger charge is 2.13. The van der Waals surface area contributed by atoms with E-state index in [1.165, 1.54) is 6.33 Å². The van der Waals surface area contributed by atoms with Crippen molar-refractivity contribution < 1.29 is 4.74 Å². The molecule has 3 aromatic heterocycles. The molecule has 0 unspecified atom stereocenters. The molecule has 0 saturated heterocycles. The number of anilines is 1. The summed E-state index contributed by atoms with van der Waals surface area (Å²) >= 11 is 0. The topological polar surface area (TPSA) is 106 Å². The monoisotopic (exact) mass is 246 g/mol. The van der Waals surface area contributed by atoms with Gasteiger partial charge in [-0.3, -0.25) is 4.68 Å². The normalized spacial score (nSPS) is 10.8. The lowest BCUT2D eigenvalue weighted by molar-refractivity contribution is 0.427. The number of hydrogen-bond acceptors (Lipinski definition) is 7. The maximum Gasteiger partial charge on any atom is 0.342 e. The Balaban J connectivity index is 2.06. The highest BCUT2D eigenvalue weighted by molar-refractivity contribution is 5.77. The Labute approximate surface area is 101 Å². The number of hydrogen-bond donors (Lipinski definition) is 2. The number of aryl methyl sites for hydroxylation is 1. The second-order valence-corrected chi connectivity index (χ2v) is 3.51. The maximum absolute atomic E-state index is 5.51. The highest BCUT2D eigenvalue weighted by atomic mass is 16.5. The van der Waals surface area contributed by atoms with Gasteiger partial charge in [-0.2, -0.15) is 15.0 Å². The van der Waals surface area contributed by atoms with Crippen molar-refractivity contribution in [3.63, 3.8) is 0 Å². The highest BCUT2D eigenvalue weighted by Crippen LogP contribution is 2.23. The first-order chi connectivity index (χ1) is 8.76. The fraction of sp³-hybridized carbons (Fsp3) is 0.222. The van der Waals surface area contributed by atoms with E-state index in [9.17, 15) is 0 Å². The SMILES string of the molecule is CNc1nc(Oc2ncn(C)n2)c2[nH]cnc2n1. The molecule has 0 amide bonds. The van der Waals surface area contributed by atoms with Crippen LogP contribution in [0.15, 0.2) is 12.7 Å². The first kappa shape index (κ1) is 10.4. The van der Waals surface area contributed by atoms with E-state index in [1.807, 2.05) is 0 Å². The largest absolute Gasteiger partial charge is 0.402 e. The van der Waals surface area contributed by atoms with Crippen LogP contribution in [0.3, 0.4) is 0 Å². The van der Waals surface area contributed by atoms with Gasteiger partial charge in [0, 0.05) is 14.1 Å². The van der Waals surface area contributed by atoms with Crippen LogP contribution in [-0.2, 0) is 7.05 Å². The lowest BCUT2D eigenvalue weighted by Gasteiger charge is -2.03. The molecule has 92 valence electrons. The van der Waals surface area contributed by atoms with Crippen LogP contribution < -0.4 is 10.1 Å². The summed E-state index contributed by atoms with van der Waals surface area (Å²) < 4.78 is 7.05. The number of aromatic amines is 1. The standard InChI is InChI=1S/C9H10N8O/c1-10-8-14-6-5(11-3-12-6)7(15-8)18-9-13-4-17(2)16-9/h3-4H,1-2H3,(H2,10,11,12,14,15). The van der Waals surface area contributed by atoms with Gasteiger partial charge < -0.3 is 15.0 Å². The molecule has 0 aliphatic rings. The van der Waals surface area contributed by atoms with Gasteiger partial charge in [-0.1, -0.05) is 0 Å². The molecule has 0 saturated carbocycles. The van der Waals surface area contributed by atoms with Gasteiger partial charge in [0.05, 0.1) is 6.33 Å². The summed E-state index contributed by atoms with van der Waals surface area (Å²) in [5.41, 5.74) is 1.11. The van der Waals surface area contributed by atoms with E-state index in [4.69, 9.17) is 4.74 Å². The molecule has 3 rings (SSSR count). The third-order valence-corrected chi connectivity index (χ3v) is 2.24. The fourth-order valence-electron chi connectivity index (χ4n) is 1.45. The molecule has 9 nitrogen and oxygen atoms in total. The molecule has 18 heavy (non-hydrogen) atoms. The summed E-state index contributed by atoms with van der Waals surface area (Å²) in [7, 11) is 3.47. The van der Waals surface area contributed by atoms with Gasteiger partial charge in [-0.25, -0.2) is 4.98 Å². The Hall–Kier alpha value is -2.71. The molecule has 0 spiro atoms. The number of fused-ring (bicyclic) bond motifs is 1. The summed E-state index contributed by atoms with van der Waals surface area (Å²) in [6, 6.07) is 0.217. The van der Waals surface area contributed by atoms with Crippen LogP contribution in [0.5, 0.6) is 11.9 Å². The van der Waals surface area contributed by atoms with E-state index in [0.717, 1.165) is 0 Å². The Morgan fingerprint density at radius 2 is 2.22 bits per heavy atom. The lowest BCUT2D eigenvalue weighted by Crippen LogP contribution is -2.00. The predicted molar refractivity (Wildman–Crippen MR) is 62.3 cm³/mol. The molecule has 0 aliphatic heterocycles. The van der Waals surface area contributed by atoms with Gasteiger partial charge >= 0.3 is 6.01 Å². The number of ether oxygens (including phenoxy) is 1. The first-order valence-electron chi connectivity index (χ1n) is 5.18. The van der Waals surface area contributed by atoms with E-state index in [1.54, 1.807) is 25.1 Å². The van der Waals surface area contributed by atoms with E-state index in [-0.39, 0.29) is 6.01 Å². The van der Waals surface area contributed by atoms with E-state index in [0.29, 0.717) is 23.0 Å². The van der Waals surface area contributed by atoms with Crippen molar-refractivity contribution >= 4 is 17.1 Å². The summed E-state index contributed by atoms with van der Waals surface area (Å²) in [6.07, 6.45) is 3.07. The summed E-state index contributed by atoms with van der Waals surface area (Å²) in [5, 5.41) is 6.86. The number of rotatable bonds is 3. The van der Waals surface area contributed by atoms with Crippen molar-refractivity contribution in [3.8, 4) is 11.9 Å². The third kappa shape index (κ3) is 1.71. The maximum atomic E-state index is 5.51. The van der Waals surface area contributed by atoms with Crippen molar-refractivity contribution in [2.45, 2.75) is 0 Å². The molecule has 3 heterocycles. The van der Waals surface area contributed by atoms with Crippen LogP contribution in [0.25, 0.3) is 11.2 Å². The Kier molecular flexibility index (Phi) is 2.29. The van der Waals surface area contributed by atoms with Gasteiger partial charge in [-0.15, -0.1) is 5.10 Å². The van der Waals surface area contributed by atoms with E-state index >= 15 is 0 Å². The molecule has 0 fully saturated rings. The molecule has 0 aliphatic carbocycles. The number of aromatic nitrogens is 7. The average Bonchev–Trinajstić information content (AvgIpc) is 2.98. The quantitative estimate of drug-likeness (QED) is 0.685. The first-order valence-corrected chi connectivity index (χ1v) is 5.18. The van der Waals surface area contributed by atoms with Crippen LogP contribution in [0.2, 0.25) is 0 Å². The molecule has 0 atom stereocenters. The summed E-state index contributed by atoms with van der Waals surface area (Å²) in [6.45, 7) is 0. The predicted octanol–water partition coefficient (Wildman–Crippen LogP) is 0.315. The van der Waals surface area contributed by atoms with Gasteiger partial charge in [0.1, 0.15) is 11.8 Å². The molecular weight excluding hydrogens is 236 g/mol. The molecule has 0 radical (unpaired) electrons. The minimum absolute atomic E-state index is 0.217. The average molecular weight is 246 g/mol. The van der Waals surface area contributed by atoms with Gasteiger partial charge in [-0.05, 0) is 0 Å². The zero-order valence-electron chi connectivity index (χ0n) is 9.75. The van der Waals surface area contributed by atoms with Gasteiger partial charge in [0.15, 0.2) is 5.65 Å². The second-order valence-electron chi connectivity index (χ2n) is 3.51. The minimum atomic E-state index is 0.217. The Bertz CT molecular complexity index is 687. The van der Waals surface area contributed by atoms with Gasteiger partial charge in [0.25, 0.3) is 5.88 Å². The minimum Gasteiger partial charge on any atom is -0.402 e. The fourth-order valence-corrected chi connectivity index (χ4v) is 1.45. The zero-order valence-corrected chi connectivity index (χ0v) is 9.75. The molecule has 0 bridgehead atoms. The van der Waals surface area contributed by atoms with Crippen LogP contribution in [0, 0.1) is 0 Å². The zero-order chi connectivity index (χ0) is 12.5. The lowest BCUT2D eigenvalue weighted by atomic mass is 10.5. The molecule has 2 N–H and O–H groups in total. The van der Waals surface area contributed by atoms with Crippen molar-refractivity contribution in [1.29, 1.82) is 0 Å². The second kappa shape index (κ2) is 3.95. The Morgan fingerprint density at radius 3 is 2.94 bits per heavy atom. The number of nitrogens with one attached hydrogen (secondary N) is 2. The van der Waals surface area contributed by atoms with Crippen molar-refractivity contribution in [2.75, 3.05) is 12.4 Å². The van der Waals surface area contributed by atoms with Crippen molar-refractivity contribution in [3.05, 3.63) is 12.7 Å². The van der Waals surface area contributed by atoms with E-state index in [2.05, 4.69) is 35.3 Å². The molecular formula is C9H10N8O. The van der Waals surface area contributed by atoms with Crippen LogP contribution in [0.4, 0.5) is 5.95 Å². The van der Waals surface area contributed by atoms with Crippen LogP contribution in [-0.4, -0.2) is 41.7 Å². The third-order valence-electron chi connectivity index (χ3n) is 2.24. The van der Waals surface area contributed by atoms with Crippen molar-refractivity contribution in [2.24, 2.45) is 7.05 Å². The Morgan fingerprint density at radius 1 is 1.33 bits per heavy atom. The van der Waals surface area contributed by atoms with Crippen LogP contribution >= 0.6 is 0 Å². The summed E-state index contributed by atoms with van der Waals surface area (Å²) in [5.74, 6) is 0.744. The van der Waals surface area contributed by atoms with Crippen molar-refractivity contribution in [1.82, 2.24) is 34.7 Å². The summed E-state index contributed by atoms with van der Waals surface area (Å²) in [4.78, 5) is 19.3. The van der Waals surface area contributed by atoms with E-state index < -0.39 is 0 Å². The smallest absolute Gasteiger partial charge is 0.342 e. The van der Waals surface area contributed by atoms with Crippen LogP contribution in [0.1, 0.15) is 0 Å². The molecule has 0 aromatic carbocycles. The molecule has 9 heteroatoms.